The first-order valence-electron chi connectivity index (χ1n) is 6.95. The molecule has 116 valence electrons. The monoisotopic (exact) mass is 321 g/mol. The molecule has 0 saturated heterocycles. The summed E-state index contributed by atoms with van der Waals surface area (Å²) in [6.45, 7) is 1.95. The average Bonchev–Trinajstić information content (AvgIpc) is 2.52. The van der Waals surface area contributed by atoms with Gasteiger partial charge in [0, 0.05) is 5.02 Å². The molecule has 0 spiro atoms. The van der Waals surface area contributed by atoms with Gasteiger partial charge >= 0.3 is 0 Å². The highest BCUT2D eigenvalue weighted by Crippen LogP contribution is 2.21. The number of rotatable bonds is 5. The van der Waals surface area contributed by atoms with Crippen LogP contribution in [0, 0.1) is 5.82 Å². The quantitative estimate of drug-likeness (QED) is 0.888. The molecule has 2 rings (SSSR count). The number of methoxy groups -OCH3 is 1. The molecule has 3 nitrogen and oxygen atoms in total. The van der Waals surface area contributed by atoms with E-state index in [0.29, 0.717) is 6.42 Å². The van der Waals surface area contributed by atoms with Crippen molar-refractivity contribution < 1.29 is 13.9 Å². The van der Waals surface area contributed by atoms with E-state index in [1.807, 2.05) is 31.2 Å². The Hall–Kier alpha value is -2.07. The van der Waals surface area contributed by atoms with E-state index in [1.54, 1.807) is 7.11 Å². The van der Waals surface area contributed by atoms with Gasteiger partial charge in [0.25, 0.3) is 5.91 Å². The molecule has 0 aromatic heterocycles. The molecule has 0 aliphatic rings. The number of nitrogens with one attached hydrogen (secondary N) is 1. The van der Waals surface area contributed by atoms with Gasteiger partial charge < -0.3 is 10.1 Å². The summed E-state index contributed by atoms with van der Waals surface area (Å²) < 4.78 is 18.9. The first kappa shape index (κ1) is 16.3. The third kappa shape index (κ3) is 3.77. The number of hydrogen-bond donors (Lipinski definition) is 1. The van der Waals surface area contributed by atoms with Crippen molar-refractivity contribution in [2.24, 2.45) is 0 Å². The largest absolute Gasteiger partial charge is 0.497 e. The summed E-state index contributed by atoms with van der Waals surface area (Å²) in [5, 5.41) is 3.09. The molecule has 0 radical (unpaired) electrons. The molecule has 22 heavy (non-hydrogen) atoms. The molecular weight excluding hydrogens is 305 g/mol. The summed E-state index contributed by atoms with van der Waals surface area (Å²) in [6.07, 6.45) is 0.688. The Morgan fingerprint density at radius 2 is 1.95 bits per heavy atom. The van der Waals surface area contributed by atoms with Gasteiger partial charge in [-0.05, 0) is 42.3 Å². The maximum Gasteiger partial charge on any atom is 0.254 e. The lowest BCUT2D eigenvalue weighted by Crippen LogP contribution is -2.28. The predicted octanol–water partition coefficient (Wildman–Crippen LogP) is 4.37. The minimum Gasteiger partial charge on any atom is -0.497 e. The molecule has 0 aliphatic carbocycles. The molecule has 1 atom stereocenters. The number of halogens is 2. The molecule has 0 saturated carbocycles. The smallest absolute Gasteiger partial charge is 0.254 e. The van der Waals surface area contributed by atoms with Crippen molar-refractivity contribution in [3.05, 3.63) is 64.4 Å². The second kappa shape index (κ2) is 7.27. The molecular formula is C17H17ClFNO2. The Balaban J connectivity index is 2.16. The summed E-state index contributed by atoms with van der Waals surface area (Å²) in [5.74, 6) is -0.347. The van der Waals surface area contributed by atoms with Crippen molar-refractivity contribution in [3.63, 3.8) is 0 Å². The van der Waals surface area contributed by atoms with E-state index in [4.69, 9.17) is 16.3 Å². The summed E-state index contributed by atoms with van der Waals surface area (Å²) in [6, 6.07) is 11.2. The Bertz CT molecular complexity index is 658. The van der Waals surface area contributed by atoms with E-state index in [2.05, 4.69) is 5.32 Å². The zero-order valence-corrected chi connectivity index (χ0v) is 13.2. The third-order valence-corrected chi connectivity index (χ3v) is 3.64. The molecule has 0 bridgehead atoms. The van der Waals surface area contributed by atoms with E-state index in [1.165, 1.54) is 12.1 Å². The van der Waals surface area contributed by atoms with Crippen molar-refractivity contribution in [3.8, 4) is 5.75 Å². The summed E-state index contributed by atoms with van der Waals surface area (Å²) in [5.41, 5.74) is 0.919. The van der Waals surface area contributed by atoms with Gasteiger partial charge in [0.05, 0.1) is 18.7 Å². The SMILES string of the molecule is CC[C@@H](NC(=O)c1ccc(Cl)cc1F)c1ccc(OC)cc1. The molecule has 0 unspecified atom stereocenters. The van der Waals surface area contributed by atoms with Crippen molar-refractivity contribution >= 4 is 17.5 Å². The second-order valence-electron chi connectivity index (χ2n) is 4.83. The maximum atomic E-state index is 13.8. The lowest BCUT2D eigenvalue weighted by molar-refractivity contribution is 0.0931. The zero-order chi connectivity index (χ0) is 16.1. The lowest BCUT2D eigenvalue weighted by atomic mass is 10.0. The first-order valence-corrected chi connectivity index (χ1v) is 7.32. The predicted molar refractivity (Wildman–Crippen MR) is 84.9 cm³/mol. The number of carbonyl (C=O) groups excluding carboxylic acids is 1. The molecule has 1 amide bonds. The van der Waals surface area contributed by atoms with Crippen molar-refractivity contribution in [1.29, 1.82) is 0 Å². The number of carbonyl (C=O) groups is 1. The molecule has 1 N–H and O–H groups in total. The van der Waals surface area contributed by atoms with Crippen LogP contribution in [0.25, 0.3) is 0 Å². The summed E-state index contributed by atoms with van der Waals surface area (Å²) in [7, 11) is 1.59. The number of benzene rings is 2. The fourth-order valence-corrected chi connectivity index (χ4v) is 2.33. The van der Waals surface area contributed by atoms with Crippen LogP contribution in [0.2, 0.25) is 5.02 Å². The van der Waals surface area contributed by atoms with Crippen LogP contribution >= 0.6 is 11.6 Å². The minimum absolute atomic E-state index is 0.0173. The first-order chi connectivity index (χ1) is 10.5. The normalized spacial score (nSPS) is 11.8. The van der Waals surface area contributed by atoms with Crippen LogP contribution in [-0.2, 0) is 0 Å². The van der Waals surface area contributed by atoms with Gasteiger partial charge in [-0.25, -0.2) is 4.39 Å². The highest BCUT2D eigenvalue weighted by Gasteiger charge is 2.17. The topological polar surface area (TPSA) is 38.3 Å². The van der Waals surface area contributed by atoms with Crippen LogP contribution in [0.1, 0.15) is 35.3 Å². The van der Waals surface area contributed by atoms with E-state index in [9.17, 15) is 9.18 Å². The highest BCUT2D eigenvalue weighted by atomic mass is 35.5. The van der Waals surface area contributed by atoms with Crippen molar-refractivity contribution in [2.75, 3.05) is 7.11 Å². The van der Waals surface area contributed by atoms with Gasteiger partial charge in [0.1, 0.15) is 11.6 Å². The van der Waals surface area contributed by atoms with Crippen LogP contribution in [0.15, 0.2) is 42.5 Å². The highest BCUT2D eigenvalue weighted by molar-refractivity contribution is 6.30. The summed E-state index contributed by atoms with van der Waals surface area (Å²) in [4.78, 5) is 12.2. The molecule has 0 fully saturated rings. The van der Waals surface area contributed by atoms with Crippen LogP contribution in [0.4, 0.5) is 4.39 Å². The average molecular weight is 322 g/mol. The molecule has 0 heterocycles. The van der Waals surface area contributed by atoms with Crippen molar-refractivity contribution in [1.82, 2.24) is 5.32 Å². The standard InChI is InChI=1S/C17H17ClFNO2/c1-3-16(11-4-7-13(22-2)8-5-11)20-17(21)14-9-6-12(18)10-15(14)19/h4-10,16H,3H2,1-2H3,(H,20,21)/t16-/m1/s1. The van der Waals surface area contributed by atoms with Crippen LogP contribution in [0.3, 0.4) is 0 Å². The molecule has 0 aliphatic heterocycles. The Kier molecular flexibility index (Phi) is 5.39. The number of hydrogen-bond acceptors (Lipinski definition) is 2. The van der Waals surface area contributed by atoms with E-state index in [0.717, 1.165) is 17.4 Å². The van der Waals surface area contributed by atoms with Gasteiger partial charge in [0.15, 0.2) is 0 Å². The Morgan fingerprint density at radius 1 is 1.27 bits per heavy atom. The zero-order valence-electron chi connectivity index (χ0n) is 12.4. The Morgan fingerprint density at radius 3 is 2.50 bits per heavy atom. The second-order valence-corrected chi connectivity index (χ2v) is 5.27. The van der Waals surface area contributed by atoms with Crippen LogP contribution in [0.5, 0.6) is 5.75 Å². The lowest BCUT2D eigenvalue weighted by Gasteiger charge is -2.18. The van der Waals surface area contributed by atoms with Gasteiger partial charge in [0.2, 0.25) is 0 Å². The van der Waals surface area contributed by atoms with E-state index >= 15 is 0 Å². The van der Waals surface area contributed by atoms with Gasteiger partial charge in [-0.1, -0.05) is 30.7 Å². The number of ether oxygens (including phenoxy) is 1. The molecule has 5 heteroatoms. The number of amides is 1. The van der Waals surface area contributed by atoms with E-state index in [-0.39, 0.29) is 16.6 Å². The molecule has 2 aromatic rings. The Labute approximate surface area is 134 Å². The van der Waals surface area contributed by atoms with Gasteiger partial charge in [-0.15, -0.1) is 0 Å². The fraction of sp³-hybridized carbons (Fsp3) is 0.235. The molecule has 2 aromatic carbocycles. The van der Waals surface area contributed by atoms with Gasteiger partial charge in [-0.2, -0.15) is 0 Å². The fourth-order valence-electron chi connectivity index (χ4n) is 2.17. The maximum absolute atomic E-state index is 13.8. The van der Waals surface area contributed by atoms with E-state index < -0.39 is 11.7 Å². The van der Waals surface area contributed by atoms with Crippen LogP contribution < -0.4 is 10.1 Å². The third-order valence-electron chi connectivity index (χ3n) is 3.41. The summed E-state index contributed by atoms with van der Waals surface area (Å²) >= 11 is 5.70. The van der Waals surface area contributed by atoms with Gasteiger partial charge in [-0.3, -0.25) is 4.79 Å². The van der Waals surface area contributed by atoms with Crippen molar-refractivity contribution in [2.45, 2.75) is 19.4 Å². The van der Waals surface area contributed by atoms with Crippen LogP contribution in [-0.4, -0.2) is 13.0 Å². The minimum atomic E-state index is -0.630.